The van der Waals surface area contributed by atoms with Crippen molar-refractivity contribution in [1.29, 1.82) is 0 Å². The molecule has 0 aliphatic carbocycles. The van der Waals surface area contributed by atoms with Crippen molar-refractivity contribution in [2.24, 2.45) is 0 Å². The van der Waals surface area contributed by atoms with E-state index in [1.807, 2.05) is 0 Å². The third-order valence-electron chi connectivity index (χ3n) is 1.28. The summed E-state index contributed by atoms with van der Waals surface area (Å²) in [5.74, 6) is -1.85. The molecular weight excluding hydrogens is 200 g/mol. The number of hydrogen-bond acceptors (Lipinski definition) is 4. The van der Waals surface area contributed by atoms with Crippen LogP contribution in [0.5, 0.6) is 0 Å². The van der Waals surface area contributed by atoms with E-state index in [2.05, 4.69) is 11.3 Å². The highest BCUT2D eigenvalue weighted by Gasteiger charge is 1.97. The van der Waals surface area contributed by atoms with Crippen LogP contribution in [0.4, 0.5) is 0 Å². The highest BCUT2D eigenvalue weighted by molar-refractivity contribution is 5.90. The predicted octanol–water partition coefficient (Wildman–Crippen LogP) is 0.763. The van der Waals surface area contributed by atoms with Gasteiger partial charge in [0.1, 0.15) is 0 Å². The first-order valence-electron chi connectivity index (χ1n) is 4.43. The van der Waals surface area contributed by atoms with Crippen molar-refractivity contribution in [3.63, 3.8) is 0 Å². The van der Waals surface area contributed by atoms with E-state index in [0.717, 1.165) is 12.2 Å². The second-order valence-corrected chi connectivity index (χ2v) is 2.56. The Balaban J connectivity index is 3.39. The third kappa shape index (κ3) is 10.3. The molecule has 0 aromatic rings. The van der Waals surface area contributed by atoms with Gasteiger partial charge in [0.25, 0.3) is 0 Å². The fraction of sp³-hybridized carbons (Fsp3) is 0.400. The molecule has 0 amide bonds. The van der Waals surface area contributed by atoms with Crippen molar-refractivity contribution in [3.05, 3.63) is 24.8 Å². The summed E-state index contributed by atoms with van der Waals surface area (Å²) in [6.45, 7) is 4.62. The highest BCUT2D eigenvalue weighted by Crippen LogP contribution is 1.88. The summed E-state index contributed by atoms with van der Waals surface area (Å²) in [6, 6.07) is 0. The van der Waals surface area contributed by atoms with E-state index >= 15 is 0 Å². The first kappa shape index (κ1) is 13.4. The Labute approximate surface area is 88.0 Å². The van der Waals surface area contributed by atoms with Gasteiger partial charge in [0.05, 0.1) is 19.8 Å². The van der Waals surface area contributed by atoms with Gasteiger partial charge >= 0.3 is 11.9 Å². The van der Waals surface area contributed by atoms with Crippen LogP contribution >= 0.6 is 0 Å². The number of carboxylic acid groups (broad SMARTS) is 1. The third-order valence-corrected chi connectivity index (χ3v) is 1.28. The predicted molar refractivity (Wildman–Crippen MR) is 53.4 cm³/mol. The number of aliphatic carboxylic acids is 1. The standard InChI is InChI=1S/C10H14O5/c1-2-6-14-7-3-8-15-10(13)5-4-9(11)12/h2,4-5H,1,3,6-8H2,(H,11,12). The van der Waals surface area contributed by atoms with Gasteiger partial charge in [-0.25, -0.2) is 9.59 Å². The molecule has 0 atom stereocenters. The van der Waals surface area contributed by atoms with Crippen molar-refractivity contribution in [3.8, 4) is 0 Å². The maximum absolute atomic E-state index is 10.8. The topological polar surface area (TPSA) is 72.8 Å². The molecule has 1 N–H and O–H groups in total. The van der Waals surface area contributed by atoms with Crippen LogP contribution in [0, 0.1) is 0 Å². The quantitative estimate of drug-likeness (QED) is 0.279. The highest BCUT2D eigenvalue weighted by atomic mass is 16.5. The van der Waals surface area contributed by atoms with E-state index in [1.165, 1.54) is 0 Å². The van der Waals surface area contributed by atoms with Crippen LogP contribution in [-0.4, -0.2) is 36.9 Å². The SMILES string of the molecule is C=CCOCCCOC(=O)C=CC(=O)O. The molecule has 0 aromatic carbocycles. The number of rotatable bonds is 8. The summed E-state index contributed by atoms with van der Waals surface area (Å²) in [5.41, 5.74) is 0. The molecule has 15 heavy (non-hydrogen) atoms. The van der Waals surface area contributed by atoms with Gasteiger partial charge in [-0.05, 0) is 0 Å². The molecule has 0 bridgehead atoms. The molecule has 0 aliphatic heterocycles. The molecule has 0 aromatic heterocycles. The van der Waals surface area contributed by atoms with Gasteiger partial charge in [0, 0.05) is 18.6 Å². The van der Waals surface area contributed by atoms with E-state index in [4.69, 9.17) is 9.84 Å². The van der Waals surface area contributed by atoms with E-state index in [9.17, 15) is 9.59 Å². The average Bonchev–Trinajstić information content (AvgIpc) is 2.20. The van der Waals surface area contributed by atoms with Crippen molar-refractivity contribution >= 4 is 11.9 Å². The molecule has 0 spiro atoms. The van der Waals surface area contributed by atoms with Crippen LogP contribution in [0.25, 0.3) is 0 Å². The number of carbonyl (C=O) groups excluding carboxylic acids is 1. The second-order valence-electron chi connectivity index (χ2n) is 2.56. The number of carboxylic acids is 1. The molecule has 0 saturated heterocycles. The Morgan fingerprint density at radius 3 is 2.60 bits per heavy atom. The first-order valence-corrected chi connectivity index (χ1v) is 4.43. The van der Waals surface area contributed by atoms with Gasteiger partial charge in [-0.1, -0.05) is 6.08 Å². The zero-order valence-corrected chi connectivity index (χ0v) is 8.35. The number of ether oxygens (including phenoxy) is 2. The minimum absolute atomic E-state index is 0.208. The second kappa shape index (κ2) is 8.96. The fourth-order valence-corrected chi connectivity index (χ4v) is 0.688. The Morgan fingerprint density at radius 1 is 1.27 bits per heavy atom. The van der Waals surface area contributed by atoms with Crippen molar-refractivity contribution < 1.29 is 24.2 Å². The van der Waals surface area contributed by atoms with Crippen molar-refractivity contribution in [2.75, 3.05) is 19.8 Å². The van der Waals surface area contributed by atoms with Gasteiger partial charge in [-0.3, -0.25) is 0 Å². The lowest BCUT2D eigenvalue weighted by molar-refractivity contribution is -0.139. The molecule has 5 heteroatoms. The Kier molecular flexibility index (Phi) is 7.99. The first-order chi connectivity index (χ1) is 7.16. The lowest BCUT2D eigenvalue weighted by Gasteiger charge is -2.01. The summed E-state index contributed by atoms with van der Waals surface area (Å²) in [6.07, 6.45) is 3.80. The van der Waals surface area contributed by atoms with E-state index < -0.39 is 11.9 Å². The Morgan fingerprint density at radius 2 is 2.00 bits per heavy atom. The lowest BCUT2D eigenvalue weighted by atomic mass is 10.4. The number of hydrogen-bond donors (Lipinski definition) is 1. The van der Waals surface area contributed by atoms with Gasteiger partial charge < -0.3 is 14.6 Å². The summed E-state index contributed by atoms with van der Waals surface area (Å²) < 4.78 is 9.72. The molecule has 5 nitrogen and oxygen atoms in total. The van der Waals surface area contributed by atoms with Crippen LogP contribution in [-0.2, 0) is 19.1 Å². The lowest BCUT2D eigenvalue weighted by Crippen LogP contribution is -2.06. The fourth-order valence-electron chi connectivity index (χ4n) is 0.688. The number of carbonyl (C=O) groups is 2. The minimum Gasteiger partial charge on any atom is -0.478 e. The van der Waals surface area contributed by atoms with E-state index in [1.54, 1.807) is 6.08 Å². The van der Waals surface area contributed by atoms with Crippen LogP contribution in [0.15, 0.2) is 24.8 Å². The van der Waals surface area contributed by atoms with Gasteiger partial charge in [0.15, 0.2) is 0 Å². The smallest absolute Gasteiger partial charge is 0.331 e. The normalized spacial score (nSPS) is 10.1. The molecule has 0 saturated carbocycles. The number of esters is 1. The van der Waals surface area contributed by atoms with Gasteiger partial charge in [-0.15, -0.1) is 6.58 Å². The summed E-state index contributed by atoms with van der Waals surface area (Å²) in [4.78, 5) is 20.8. The van der Waals surface area contributed by atoms with Crippen LogP contribution in [0.3, 0.4) is 0 Å². The van der Waals surface area contributed by atoms with E-state index in [0.29, 0.717) is 19.6 Å². The molecule has 0 unspecified atom stereocenters. The van der Waals surface area contributed by atoms with Gasteiger partial charge in [-0.2, -0.15) is 0 Å². The monoisotopic (exact) mass is 214 g/mol. The summed E-state index contributed by atoms with van der Waals surface area (Å²) in [7, 11) is 0. The van der Waals surface area contributed by atoms with Crippen LogP contribution in [0.2, 0.25) is 0 Å². The zero-order chi connectivity index (χ0) is 11.5. The molecule has 0 radical (unpaired) electrons. The summed E-state index contributed by atoms with van der Waals surface area (Å²) >= 11 is 0. The molecule has 0 aliphatic rings. The maximum Gasteiger partial charge on any atom is 0.331 e. The van der Waals surface area contributed by atoms with E-state index in [-0.39, 0.29) is 6.61 Å². The largest absolute Gasteiger partial charge is 0.478 e. The van der Waals surface area contributed by atoms with Crippen LogP contribution in [0.1, 0.15) is 6.42 Å². The molecule has 0 rings (SSSR count). The minimum atomic E-state index is -1.18. The Hall–Kier alpha value is -1.62. The molecular formula is C10H14O5. The molecule has 0 heterocycles. The van der Waals surface area contributed by atoms with Crippen molar-refractivity contribution in [2.45, 2.75) is 6.42 Å². The molecule has 0 fully saturated rings. The molecule has 84 valence electrons. The summed E-state index contributed by atoms with van der Waals surface area (Å²) in [5, 5.41) is 8.21. The van der Waals surface area contributed by atoms with Gasteiger partial charge in [0.2, 0.25) is 0 Å². The maximum atomic E-state index is 10.8. The zero-order valence-electron chi connectivity index (χ0n) is 8.35. The Bertz CT molecular complexity index is 244. The average molecular weight is 214 g/mol. The van der Waals surface area contributed by atoms with Crippen LogP contribution < -0.4 is 0 Å². The van der Waals surface area contributed by atoms with Crippen molar-refractivity contribution in [1.82, 2.24) is 0 Å².